The molecule has 0 aliphatic heterocycles. The van der Waals surface area contributed by atoms with Gasteiger partial charge in [0.15, 0.2) is 4.77 Å². The minimum absolute atomic E-state index is 0.0717. The Kier molecular flexibility index (Phi) is 3.85. The highest BCUT2D eigenvalue weighted by atomic mass is 32.1. The molecular formula is C14H17N3OS. The number of nitrogens with two attached hydrogens (primary N) is 1. The molecule has 0 saturated carbocycles. The molecular weight excluding hydrogens is 258 g/mol. The summed E-state index contributed by atoms with van der Waals surface area (Å²) in [5.41, 5.74) is 7.40. The topological polar surface area (TPSA) is 63.8 Å². The Morgan fingerprint density at radius 1 is 1.32 bits per heavy atom. The fraction of sp³-hybridized carbons (Fsp3) is 0.286. The van der Waals surface area contributed by atoms with Gasteiger partial charge in [0.25, 0.3) is 0 Å². The molecule has 0 fully saturated rings. The summed E-state index contributed by atoms with van der Waals surface area (Å²) < 4.78 is 2.31. The van der Waals surface area contributed by atoms with Crippen LogP contribution in [0.25, 0.3) is 11.3 Å². The third kappa shape index (κ3) is 2.61. The first kappa shape index (κ1) is 13.5. The lowest BCUT2D eigenvalue weighted by Crippen LogP contribution is -2.31. The zero-order valence-corrected chi connectivity index (χ0v) is 11.8. The van der Waals surface area contributed by atoms with Gasteiger partial charge in [-0.3, -0.25) is 4.79 Å². The normalized spacial score (nSPS) is 12.6. The fourth-order valence-corrected chi connectivity index (χ4v) is 2.51. The van der Waals surface area contributed by atoms with Gasteiger partial charge in [0.2, 0.25) is 5.91 Å². The standard InChI is InChI=1S/C14H17N3OS/c1-9(2)12(13(15)18)17-11(8-16-14(17)19)10-6-4-3-5-7-10/h3-9,12H,1-2H3,(H2,15,18)(H,16,19). The third-order valence-corrected chi connectivity index (χ3v) is 3.40. The van der Waals surface area contributed by atoms with Gasteiger partial charge in [0, 0.05) is 6.20 Å². The SMILES string of the molecule is CC(C)C(C(N)=O)n1c(-c2ccccc2)c[nH]c1=S. The molecule has 0 aliphatic rings. The number of hydrogen-bond acceptors (Lipinski definition) is 2. The van der Waals surface area contributed by atoms with Crippen LogP contribution >= 0.6 is 12.2 Å². The Morgan fingerprint density at radius 3 is 2.47 bits per heavy atom. The van der Waals surface area contributed by atoms with Crippen molar-refractivity contribution in [1.29, 1.82) is 0 Å². The maximum absolute atomic E-state index is 11.7. The Balaban J connectivity index is 2.61. The molecule has 0 spiro atoms. The van der Waals surface area contributed by atoms with Crippen molar-refractivity contribution in [1.82, 2.24) is 9.55 Å². The molecule has 100 valence electrons. The number of carbonyl (C=O) groups is 1. The van der Waals surface area contributed by atoms with Crippen molar-refractivity contribution in [3.8, 4) is 11.3 Å². The number of H-pyrrole nitrogens is 1. The number of benzene rings is 1. The molecule has 1 unspecified atom stereocenters. The summed E-state index contributed by atoms with van der Waals surface area (Å²) in [5, 5.41) is 0. The van der Waals surface area contributed by atoms with E-state index in [1.165, 1.54) is 0 Å². The Bertz CT molecular complexity index is 628. The maximum atomic E-state index is 11.7. The monoisotopic (exact) mass is 275 g/mol. The number of hydrogen-bond donors (Lipinski definition) is 2. The molecule has 5 heteroatoms. The van der Waals surface area contributed by atoms with Crippen molar-refractivity contribution >= 4 is 18.1 Å². The van der Waals surface area contributed by atoms with E-state index in [4.69, 9.17) is 18.0 Å². The maximum Gasteiger partial charge on any atom is 0.240 e. The van der Waals surface area contributed by atoms with Gasteiger partial charge in [-0.1, -0.05) is 44.2 Å². The molecule has 19 heavy (non-hydrogen) atoms. The number of amides is 1. The van der Waals surface area contributed by atoms with Crippen molar-refractivity contribution in [3.05, 3.63) is 41.3 Å². The average Bonchev–Trinajstić information content (AvgIpc) is 2.72. The van der Waals surface area contributed by atoms with Gasteiger partial charge in [-0.2, -0.15) is 0 Å². The molecule has 1 aromatic carbocycles. The highest BCUT2D eigenvalue weighted by molar-refractivity contribution is 7.71. The summed E-state index contributed by atoms with van der Waals surface area (Å²) >= 11 is 5.29. The van der Waals surface area contributed by atoms with E-state index >= 15 is 0 Å². The quantitative estimate of drug-likeness (QED) is 0.843. The highest BCUT2D eigenvalue weighted by Crippen LogP contribution is 2.27. The molecule has 2 rings (SSSR count). The van der Waals surface area contributed by atoms with E-state index in [1.54, 1.807) is 4.57 Å². The van der Waals surface area contributed by atoms with Crippen LogP contribution in [0.4, 0.5) is 0 Å². The van der Waals surface area contributed by atoms with Gasteiger partial charge >= 0.3 is 0 Å². The number of nitrogens with zero attached hydrogens (tertiary/aromatic N) is 1. The van der Waals surface area contributed by atoms with Crippen LogP contribution in [0.1, 0.15) is 19.9 Å². The van der Waals surface area contributed by atoms with Crippen LogP contribution in [0.15, 0.2) is 36.5 Å². The number of nitrogens with one attached hydrogen (secondary N) is 1. The molecule has 0 radical (unpaired) electrons. The molecule has 3 N–H and O–H groups in total. The van der Waals surface area contributed by atoms with E-state index in [2.05, 4.69) is 4.98 Å². The molecule has 2 aromatic rings. The Hall–Kier alpha value is -1.88. The lowest BCUT2D eigenvalue weighted by molar-refractivity contribution is -0.122. The molecule has 1 atom stereocenters. The Morgan fingerprint density at radius 2 is 1.95 bits per heavy atom. The second-order valence-electron chi connectivity index (χ2n) is 4.81. The van der Waals surface area contributed by atoms with Crippen LogP contribution in [-0.4, -0.2) is 15.5 Å². The third-order valence-electron chi connectivity index (χ3n) is 3.08. The van der Waals surface area contributed by atoms with Gasteiger partial charge < -0.3 is 15.3 Å². The van der Waals surface area contributed by atoms with E-state index in [-0.39, 0.29) is 11.8 Å². The summed E-state index contributed by atoms with van der Waals surface area (Å²) in [4.78, 5) is 14.7. The summed E-state index contributed by atoms with van der Waals surface area (Å²) in [5.74, 6) is -0.301. The summed E-state index contributed by atoms with van der Waals surface area (Å²) in [6.45, 7) is 3.91. The molecule has 1 aromatic heterocycles. The second kappa shape index (κ2) is 5.40. The van der Waals surface area contributed by atoms with Crippen LogP contribution in [0.3, 0.4) is 0 Å². The number of primary amides is 1. The number of carbonyl (C=O) groups excluding carboxylic acids is 1. The van der Waals surface area contributed by atoms with Crippen LogP contribution < -0.4 is 5.73 Å². The van der Waals surface area contributed by atoms with Crippen molar-refractivity contribution in [2.24, 2.45) is 11.7 Å². The molecule has 0 bridgehead atoms. The lowest BCUT2D eigenvalue weighted by Gasteiger charge is -2.21. The first-order valence-corrected chi connectivity index (χ1v) is 6.58. The molecule has 1 amide bonds. The average molecular weight is 275 g/mol. The van der Waals surface area contributed by atoms with Crippen LogP contribution in [0.5, 0.6) is 0 Å². The van der Waals surface area contributed by atoms with Crippen molar-refractivity contribution in [2.75, 3.05) is 0 Å². The largest absolute Gasteiger partial charge is 0.368 e. The Labute approximate surface area is 117 Å². The van der Waals surface area contributed by atoms with Crippen LogP contribution in [0, 0.1) is 10.7 Å². The second-order valence-corrected chi connectivity index (χ2v) is 5.19. The van der Waals surface area contributed by atoms with E-state index < -0.39 is 6.04 Å². The van der Waals surface area contributed by atoms with E-state index in [0.717, 1.165) is 11.3 Å². The molecule has 4 nitrogen and oxygen atoms in total. The van der Waals surface area contributed by atoms with Crippen LogP contribution in [0.2, 0.25) is 0 Å². The van der Waals surface area contributed by atoms with Gasteiger partial charge in [-0.15, -0.1) is 0 Å². The number of aromatic nitrogens is 2. The zero-order valence-electron chi connectivity index (χ0n) is 11.0. The summed E-state index contributed by atoms with van der Waals surface area (Å²) in [6.07, 6.45) is 1.82. The van der Waals surface area contributed by atoms with E-state index in [1.807, 2.05) is 50.4 Å². The first-order valence-electron chi connectivity index (χ1n) is 6.17. The minimum Gasteiger partial charge on any atom is -0.368 e. The zero-order chi connectivity index (χ0) is 14.0. The highest BCUT2D eigenvalue weighted by Gasteiger charge is 2.24. The minimum atomic E-state index is -0.450. The van der Waals surface area contributed by atoms with Gasteiger partial charge in [0.1, 0.15) is 6.04 Å². The van der Waals surface area contributed by atoms with Crippen molar-refractivity contribution in [3.63, 3.8) is 0 Å². The summed E-state index contributed by atoms with van der Waals surface area (Å²) in [7, 11) is 0. The molecule has 0 saturated heterocycles. The molecule has 1 heterocycles. The number of rotatable bonds is 4. The fourth-order valence-electron chi connectivity index (χ4n) is 2.24. The number of aromatic amines is 1. The van der Waals surface area contributed by atoms with Gasteiger partial charge in [0.05, 0.1) is 5.69 Å². The van der Waals surface area contributed by atoms with E-state index in [9.17, 15) is 4.79 Å². The predicted molar refractivity (Wildman–Crippen MR) is 78.1 cm³/mol. The van der Waals surface area contributed by atoms with Crippen LogP contribution in [-0.2, 0) is 4.79 Å². The first-order chi connectivity index (χ1) is 9.02. The molecule has 0 aliphatic carbocycles. The van der Waals surface area contributed by atoms with Gasteiger partial charge in [-0.05, 0) is 23.7 Å². The summed E-state index contributed by atoms with van der Waals surface area (Å²) in [6, 6.07) is 9.35. The number of imidazole rings is 1. The predicted octanol–water partition coefficient (Wildman–Crippen LogP) is 2.90. The van der Waals surface area contributed by atoms with Crippen molar-refractivity contribution < 1.29 is 4.79 Å². The smallest absolute Gasteiger partial charge is 0.240 e. The van der Waals surface area contributed by atoms with Crippen molar-refractivity contribution in [2.45, 2.75) is 19.9 Å². The lowest BCUT2D eigenvalue weighted by atomic mass is 10.0. The van der Waals surface area contributed by atoms with Gasteiger partial charge in [-0.25, -0.2) is 0 Å². The van der Waals surface area contributed by atoms with E-state index in [0.29, 0.717) is 4.77 Å².